The number of aliphatic hydroxyl groups is 1. The monoisotopic (exact) mass is 423 g/mol. The predicted octanol–water partition coefficient (Wildman–Crippen LogP) is 4.63. The summed E-state index contributed by atoms with van der Waals surface area (Å²) in [7, 11) is 0. The van der Waals surface area contributed by atoms with Gasteiger partial charge in [0.2, 0.25) is 0 Å². The van der Waals surface area contributed by atoms with Crippen molar-refractivity contribution in [3.05, 3.63) is 94.5 Å². The number of anilines is 1. The molecule has 1 atom stereocenters. The molecule has 5 nitrogen and oxygen atoms in total. The largest absolute Gasteiger partial charge is 0.490 e. The average Bonchev–Trinajstić information content (AvgIpc) is 2.77. The predicted molar refractivity (Wildman–Crippen MR) is 118 cm³/mol. The minimum absolute atomic E-state index is 0.00710. The molecule has 6 heteroatoms. The minimum Gasteiger partial charge on any atom is -0.490 e. The van der Waals surface area contributed by atoms with Crippen molar-refractivity contribution in [3.63, 3.8) is 0 Å². The van der Waals surface area contributed by atoms with Crippen molar-refractivity contribution in [3.8, 4) is 5.75 Å². The summed E-state index contributed by atoms with van der Waals surface area (Å²) in [6.45, 7) is 1.61. The third-order valence-electron chi connectivity index (χ3n) is 4.49. The number of carbonyl (C=O) groups excluding carboxylic acids is 2. The molecule has 2 N–H and O–H groups in total. The Morgan fingerprint density at radius 2 is 1.70 bits per heavy atom. The lowest BCUT2D eigenvalue weighted by molar-refractivity contribution is 0.0991. The Morgan fingerprint density at radius 1 is 1.00 bits per heavy atom. The molecule has 0 radical (unpaired) electrons. The average molecular weight is 424 g/mol. The van der Waals surface area contributed by atoms with Gasteiger partial charge in [-0.1, -0.05) is 54.1 Å². The second-order valence-electron chi connectivity index (χ2n) is 6.78. The molecule has 0 spiro atoms. The molecule has 0 aromatic heterocycles. The van der Waals surface area contributed by atoms with Crippen LogP contribution in [0.2, 0.25) is 5.02 Å². The normalized spacial score (nSPS) is 11.6. The van der Waals surface area contributed by atoms with Crippen LogP contribution in [0.3, 0.4) is 0 Å². The van der Waals surface area contributed by atoms with E-state index in [-0.39, 0.29) is 24.7 Å². The first-order valence-corrected chi connectivity index (χ1v) is 9.87. The molecule has 3 aromatic rings. The lowest BCUT2D eigenvalue weighted by Gasteiger charge is -2.17. The summed E-state index contributed by atoms with van der Waals surface area (Å²) in [5.41, 5.74) is 2.00. The molecule has 3 aromatic carbocycles. The summed E-state index contributed by atoms with van der Waals surface area (Å²) < 4.78 is 5.62. The number of Topliss-reactive ketones (excluding diaryl/α,β-unsaturated/α-hetero) is 1. The smallest absolute Gasteiger partial charge is 0.195 e. The summed E-state index contributed by atoms with van der Waals surface area (Å²) in [5.74, 6) is 0.153. The van der Waals surface area contributed by atoms with Gasteiger partial charge in [-0.15, -0.1) is 0 Å². The number of carbonyl (C=O) groups is 2. The topological polar surface area (TPSA) is 75.6 Å². The molecular weight excluding hydrogens is 402 g/mol. The highest BCUT2D eigenvalue weighted by molar-refractivity contribution is 6.31. The van der Waals surface area contributed by atoms with Crippen molar-refractivity contribution in [2.24, 2.45) is 0 Å². The Balaban J connectivity index is 1.66. The van der Waals surface area contributed by atoms with Crippen molar-refractivity contribution >= 4 is 28.9 Å². The highest BCUT2D eigenvalue weighted by atomic mass is 35.5. The van der Waals surface area contributed by atoms with Crippen molar-refractivity contribution in [1.82, 2.24) is 0 Å². The van der Waals surface area contributed by atoms with E-state index in [0.717, 1.165) is 0 Å². The van der Waals surface area contributed by atoms with Crippen molar-refractivity contribution < 1.29 is 19.4 Å². The third kappa shape index (κ3) is 5.47. The number of aliphatic hydroxyl groups excluding tert-OH is 1. The van der Waals surface area contributed by atoms with Crippen molar-refractivity contribution in [2.75, 3.05) is 18.5 Å². The van der Waals surface area contributed by atoms with Gasteiger partial charge in [0.1, 0.15) is 18.5 Å². The van der Waals surface area contributed by atoms with Gasteiger partial charge in [0.25, 0.3) is 0 Å². The van der Waals surface area contributed by atoms with Crippen molar-refractivity contribution in [1.29, 1.82) is 0 Å². The third-order valence-corrected chi connectivity index (χ3v) is 4.72. The fourth-order valence-corrected chi connectivity index (χ4v) is 3.13. The Bertz CT molecular complexity index is 1040. The van der Waals surface area contributed by atoms with E-state index >= 15 is 0 Å². The molecule has 154 valence electrons. The molecule has 0 saturated carbocycles. The van der Waals surface area contributed by atoms with Gasteiger partial charge in [-0.05, 0) is 37.3 Å². The van der Waals surface area contributed by atoms with Crippen LogP contribution in [0.4, 0.5) is 5.69 Å². The van der Waals surface area contributed by atoms with E-state index in [9.17, 15) is 14.7 Å². The number of ether oxygens (including phenoxy) is 1. The standard InChI is InChI=1S/C24H22ClNO4/c1-16(27)20-9-5-6-10-23(20)30-15-19(28)14-26-22-12-11-18(25)13-21(22)24(29)17-7-3-2-4-8-17/h2-13,19,26,28H,14-15H2,1H3/t19-/m1/s1. The number of para-hydroxylation sites is 1. The molecule has 0 aliphatic rings. The SMILES string of the molecule is CC(=O)c1ccccc1OC[C@H](O)CNc1ccc(Cl)cc1C(=O)c1ccccc1. The van der Waals surface area contributed by atoms with Crippen LogP contribution in [0.15, 0.2) is 72.8 Å². The quantitative estimate of drug-likeness (QED) is 0.491. The summed E-state index contributed by atoms with van der Waals surface area (Å²) in [6, 6.07) is 20.8. The Hall–Kier alpha value is -3.15. The molecule has 0 amide bonds. The summed E-state index contributed by atoms with van der Waals surface area (Å²) in [4.78, 5) is 24.5. The van der Waals surface area contributed by atoms with Crippen molar-refractivity contribution in [2.45, 2.75) is 13.0 Å². The zero-order valence-corrected chi connectivity index (χ0v) is 17.2. The molecule has 30 heavy (non-hydrogen) atoms. The molecule has 0 fully saturated rings. The first kappa shape index (κ1) is 21.6. The number of hydrogen-bond donors (Lipinski definition) is 2. The summed E-state index contributed by atoms with van der Waals surface area (Å²) in [6.07, 6.45) is -0.861. The number of rotatable bonds is 9. The van der Waals surface area contributed by atoms with E-state index in [4.69, 9.17) is 16.3 Å². The van der Waals surface area contributed by atoms with E-state index in [2.05, 4.69) is 5.32 Å². The Labute approximate surface area is 180 Å². The van der Waals surface area contributed by atoms with Gasteiger partial charge in [0, 0.05) is 28.4 Å². The van der Waals surface area contributed by atoms with Crippen LogP contribution < -0.4 is 10.1 Å². The van der Waals surface area contributed by atoms with Gasteiger partial charge in [0.15, 0.2) is 11.6 Å². The van der Waals surface area contributed by atoms with E-state index in [1.165, 1.54) is 6.92 Å². The van der Waals surface area contributed by atoms with E-state index in [1.807, 2.05) is 6.07 Å². The van der Waals surface area contributed by atoms with E-state index < -0.39 is 6.10 Å². The van der Waals surface area contributed by atoms with Gasteiger partial charge in [-0.25, -0.2) is 0 Å². The summed E-state index contributed by atoms with van der Waals surface area (Å²) in [5, 5.41) is 13.9. The van der Waals surface area contributed by atoms with E-state index in [1.54, 1.807) is 66.7 Å². The zero-order valence-electron chi connectivity index (χ0n) is 16.5. The van der Waals surface area contributed by atoms with Crippen LogP contribution in [0.1, 0.15) is 33.2 Å². The lowest BCUT2D eigenvalue weighted by Crippen LogP contribution is -2.27. The van der Waals surface area contributed by atoms with Crippen LogP contribution in [0.5, 0.6) is 5.75 Å². The molecule has 0 aliphatic heterocycles. The maximum absolute atomic E-state index is 12.9. The summed E-state index contributed by atoms with van der Waals surface area (Å²) >= 11 is 6.09. The molecule has 0 aliphatic carbocycles. The maximum Gasteiger partial charge on any atom is 0.195 e. The molecule has 0 bridgehead atoms. The van der Waals surface area contributed by atoms with Gasteiger partial charge in [0.05, 0.1) is 5.56 Å². The first-order chi connectivity index (χ1) is 14.5. The van der Waals surface area contributed by atoms with Gasteiger partial charge in [-0.3, -0.25) is 9.59 Å². The number of ketones is 2. The molecule has 0 saturated heterocycles. The van der Waals surface area contributed by atoms with Gasteiger partial charge >= 0.3 is 0 Å². The van der Waals surface area contributed by atoms with Gasteiger partial charge in [-0.2, -0.15) is 0 Å². The second kappa shape index (κ2) is 10.1. The number of hydrogen-bond acceptors (Lipinski definition) is 5. The van der Waals surface area contributed by atoms with E-state index in [0.29, 0.717) is 33.1 Å². The molecular formula is C24H22ClNO4. The van der Waals surface area contributed by atoms with Crippen LogP contribution in [0.25, 0.3) is 0 Å². The molecule has 0 heterocycles. The molecule has 3 rings (SSSR count). The lowest BCUT2D eigenvalue weighted by atomic mass is 10.0. The maximum atomic E-state index is 12.9. The second-order valence-corrected chi connectivity index (χ2v) is 7.22. The van der Waals surface area contributed by atoms with Gasteiger partial charge < -0.3 is 15.2 Å². The molecule has 0 unspecified atom stereocenters. The minimum atomic E-state index is -0.861. The highest BCUT2D eigenvalue weighted by Gasteiger charge is 2.16. The van der Waals surface area contributed by atoms with Crippen LogP contribution in [0, 0.1) is 0 Å². The van der Waals surface area contributed by atoms with Crippen LogP contribution >= 0.6 is 11.6 Å². The zero-order chi connectivity index (χ0) is 21.5. The first-order valence-electron chi connectivity index (χ1n) is 9.49. The fourth-order valence-electron chi connectivity index (χ4n) is 2.96. The fraction of sp³-hybridized carbons (Fsp3) is 0.167. The number of benzene rings is 3. The van der Waals surface area contributed by atoms with Crippen LogP contribution in [-0.2, 0) is 0 Å². The number of halogens is 1. The highest BCUT2D eigenvalue weighted by Crippen LogP contribution is 2.24. The Morgan fingerprint density at radius 3 is 2.43 bits per heavy atom. The van der Waals surface area contributed by atoms with Crippen LogP contribution in [-0.4, -0.2) is 35.9 Å². The number of nitrogens with one attached hydrogen (secondary N) is 1. The Kier molecular flexibility index (Phi) is 7.22.